The lowest BCUT2D eigenvalue weighted by Crippen LogP contribution is -2.47. The number of aromatic nitrogens is 2. The van der Waals surface area contributed by atoms with Crippen LogP contribution in [-0.2, 0) is 0 Å². The molecule has 1 aromatic heterocycles. The van der Waals surface area contributed by atoms with Crippen molar-refractivity contribution in [2.75, 3.05) is 47.4 Å². The molecular formula is C26H26N6O2. The van der Waals surface area contributed by atoms with Gasteiger partial charge in [-0.25, -0.2) is 9.97 Å². The number of hydrogen-bond donors (Lipinski definition) is 0. The number of piperazine rings is 1. The first kappa shape index (κ1) is 21.6. The monoisotopic (exact) mass is 454 g/mol. The van der Waals surface area contributed by atoms with E-state index in [0.29, 0.717) is 31.3 Å². The van der Waals surface area contributed by atoms with Crippen molar-refractivity contribution in [3.63, 3.8) is 0 Å². The third kappa shape index (κ3) is 3.98. The Balaban J connectivity index is 1.51. The lowest BCUT2D eigenvalue weighted by molar-refractivity contribution is -0.383. The van der Waals surface area contributed by atoms with E-state index in [4.69, 9.17) is 0 Å². The molecule has 1 aliphatic heterocycles. The van der Waals surface area contributed by atoms with Crippen LogP contribution < -0.4 is 14.7 Å². The van der Waals surface area contributed by atoms with Crippen LogP contribution in [0.1, 0.15) is 6.92 Å². The smallest absolute Gasteiger partial charge is 0.353 e. The predicted octanol–water partition coefficient (Wildman–Crippen LogP) is 5.02. The van der Waals surface area contributed by atoms with E-state index in [-0.39, 0.29) is 10.6 Å². The number of nitrogens with zero attached hydrogens (tertiary/aromatic N) is 6. The van der Waals surface area contributed by atoms with Gasteiger partial charge in [-0.15, -0.1) is 0 Å². The van der Waals surface area contributed by atoms with Crippen LogP contribution in [0.15, 0.2) is 79.1 Å². The second kappa shape index (κ2) is 9.35. The van der Waals surface area contributed by atoms with E-state index in [1.54, 1.807) is 0 Å². The van der Waals surface area contributed by atoms with Crippen LogP contribution in [0.3, 0.4) is 0 Å². The standard InChI is InChI=1S/C26H26N6O2/c1-2-31(23-14-8-10-20-9-6-7-13-22(20)23)26-24(32(33)34)25(27-19-28-26)30-17-15-29(16-18-30)21-11-4-3-5-12-21/h3-14,19H,2,15-18H2,1H3. The van der Waals surface area contributed by atoms with Crippen LogP contribution in [0.2, 0.25) is 0 Å². The van der Waals surface area contributed by atoms with E-state index in [2.05, 4.69) is 27.0 Å². The summed E-state index contributed by atoms with van der Waals surface area (Å²) in [6.45, 7) is 5.33. The Hall–Kier alpha value is -4.20. The molecule has 0 aliphatic carbocycles. The van der Waals surface area contributed by atoms with Gasteiger partial charge < -0.3 is 14.7 Å². The summed E-state index contributed by atoms with van der Waals surface area (Å²) in [7, 11) is 0. The molecule has 5 rings (SSSR count). The summed E-state index contributed by atoms with van der Waals surface area (Å²) in [6.07, 6.45) is 1.44. The van der Waals surface area contributed by atoms with Crippen LogP contribution >= 0.6 is 0 Å². The van der Waals surface area contributed by atoms with Gasteiger partial charge in [-0.1, -0.05) is 54.6 Å². The normalized spacial score (nSPS) is 13.8. The van der Waals surface area contributed by atoms with Crippen LogP contribution in [0.5, 0.6) is 0 Å². The molecular weight excluding hydrogens is 428 g/mol. The first-order valence-electron chi connectivity index (χ1n) is 11.5. The van der Waals surface area contributed by atoms with Gasteiger partial charge >= 0.3 is 5.69 Å². The molecule has 0 saturated carbocycles. The molecule has 4 aromatic rings. The van der Waals surface area contributed by atoms with Gasteiger partial charge in [0.1, 0.15) is 6.33 Å². The highest BCUT2D eigenvalue weighted by atomic mass is 16.6. The summed E-state index contributed by atoms with van der Waals surface area (Å²) < 4.78 is 0. The Bertz CT molecular complexity index is 1300. The van der Waals surface area contributed by atoms with Gasteiger partial charge in [-0.05, 0) is 30.5 Å². The number of fused-ring (bicyclic) bond motifs is 1. The predicted molar refractivity (Wildman–Crippen MR) is 136 cm³/mol. The Kier molecular flexibility index (Phi) is 5.95. The fraction of sp³-hybridized carbons (Fsp3) is 0.231. The fourth-order valence-electron chi connectivity index (χ4n) is 4.65. The minimum atomic E-state index is -0.345. The summed E-state index contributed by atoms with van der Waals surface area (Å²) in [6, 6.07) is 24.3. The van der Waals surface area contributed by atoms with Gasteiger partial charge in [0, 0.05) is 43.8 Å². The minimum Gasteiger partial charge on any atom is -0.368 e. The molecule has 0 unspecified atom stereocenters. The minimum absolute atomic E-state index is 0.0505. The number of anilines is 4. The van der Waals surface area contributed by atoms with E-state index in [0.717, 1.165) is 35.2 Å². The number of hydrogen-bond acceptors (Lipinski definition) is 7. The molecule has 8 heteroatoms. The summed E-state index contributed by atoms with van der Waals surface area (Å²) in [5.74, 6) is 0.695. The number of nitro groups is 1. The SMILES string of the molecule is CCN(c1ncnc(N2CCN(c3ccccc3)CC2)c1[N+](=O)[O-])c1cccc2ccccc12. The van der Waals surface area contributed by atoms with Gasteiger partial charge in [0.05, 0.1) is 10.6 Å². The lowest BCUT2D eigenvalue weighted by atomic mass is 10.1. The number of rotatable bonds is 6. The van der Waals surface area contributed by atoms with Gasteiger partial charge in [0.15, 0.2) is 0 Å². The zero-order chi connectivity index (χ0) is 23.5. The third-order valence-corrected chi connectivity index (χ3v) is 6.30. The molecule has 0 radical (unpaired) electrons. The van der Waals surface area contributed by atoms with Gasteiger partial charge in [0.25, 0.3) is 0 Å². The second-order valence-electron chi connectivity index (χ2n) is 8.18. The molecule has 8 nitrogen and oxygen atoms in total. The summed E-state index contributed by atoms with van der Waals surface area (Å²) in [4.78, 5) is 27.0. The van der Waals surface area contributed by atoms with Gasteiger partial charge in [-0.3, -0.25) is 10.1 Å². The zero-order valence-electron chi connectivity index (χ0n) is 19.0. The summed E-state index contributed by atoms with van der Waals surface area (Å²) >= 11 is 0. The zero-order valence-corrected chi connectivity index (χ0v) is 19.0. The molecule has 0 amide bonds. The molecule has 0 spiro atoms. The van der Waals surface area contributed by atoms with Crippen molar-refractivity contribution in [3.8, 4) is 0 Å². The fourth-order valence-corrected chi connectivity index (χ4v) is 4.65. The Morgan fingerprint density at radius 2 is 1.56 bits per heavy atom. The molecule has 1 saturated heterocycles. The summed E-state index contributed by atoms with van der Waals surface area (Å²) in [5, 5.41) is 14.5. The largest absolute Gasteiger partial charge is 0.368 e. The molecule has 1 fully saturated rings. The van der Waals surface area contributed by atoms with E-state index in [1.807, 2.05) is 77.4 Å². The van der Waals surface area contributed by atoms with Gasteiger partial charge in [0.2, 0.25) is 11.6 Å². The van der Waals surface area contributed by atoms with E-state index < -0.39 is 0 Å². The van der Waals surface area contributed by atoms with Crippen LogP contribution in [0.4, 0.5) is 28.7 Å². The highest BCUT2D eigenvalue weighted by Crippen LogP contribution is 2.40. The molecule has 1 aliphatic rings. The maximum absolute atomic E-state index is 12.3. The highest BCUT2D eigenvalue weighted by molar-refractivity contribution is 5.96. The van der Waals surface area contributed by atoms with Crippen molar-refractivity contribution in [2.24, 2.45) is 0 Å². The molecule has 0 bridgehead atoms. The Morgan fingerprint density at radius 3 is 2.29 bits per heavy atom. The third-order valence-electron chi connectivity index (χ3n) is 6.30. The molecule has 2 heterocycles. The van der Waals surface area contributed by atoms with Crippen molar-refractivity contribution in [1.29, 1.82) is 0 Å². The Labute approximate surface area is 198 Å². The van der Waals surface area contributed by atoms with Crippen molar-refractivity contribution in [1.82, 2.24) is 9.97 Å². The van der Waals surface area contributed by atoms with Gasteiger partial charge in [-0.2, -0.15) is 0 Å². The molecule has 3 aromatic carbocycles. The second-order valence-corrected chi connectivity index (χ2v) is 8.18. The topological polar surface area (TPSA) is 78.6 Å². The van der Waals surface area contributed by atoms with E-state index in [9.17, 15) is 10.1 Å². The van der Waals surface area contributed by atoms with Crippen molar-refractivity contribution in [2.45, 2.75) is 6.92 Å². The molecule has 0 atom stereocenters. The first-order chi connectivity index (χ1) is 16.7. The quantitative estimate of drug-likeness (QED) is 0.299. The number of benzene rings is 3. The van der Waals surface area contributed by atoms with Crippen molar-refractivity contribution < 1.29 is 4.92 Å². The maximum atomic E-state index is 12.3. The average Bonchev–Trinajstić information content (AvgIpc) is 2.89. The number of para-hydroxylation sites is 1. The van der Waals surface area contributed by atoms with E-state index in [1.165, 1.54) is 6.33 Å². The maximum Gasteiger partial charge on any atom is 0.353 e. The molecule has 0 N–H and O–H groups in total. The van der Waals surface area contributed by atoms with Crippen LogP contribution in [0, 0.1) is 10.1 Å². The first-order valence-corrected chi connectivity index (χ1v) is 11.5. The Morgan fingerprint density at radius 1 is 0.882 bits per heavy atom. The molecule has 172 valence electrons. The average molecular weight is 455 g/mol. The molecule has 34 heavy (non-hydrogen) atoms. The lowest BCUT2D eigenvalue weighted by Gasteiger charge is -2.36. The summed E-state index contributed by atoms with van der Waals surface area (Å²) in [5.41, 5.74) is 2.00. The van der Waals surface area contributed by atoms with Crippen molar-refractivity contribution in [3.05, 3.63) is 89.2 Å². The van der Waals surface area contributed by atoms with Crippen LogP contribution in [0.25, 0.3) is 10.8 Å². The van der Waals surface area contributed by atoms with E-state index >= 15 is 0 Å². The van der Waals surface area contributed by atoms with Crippen molar-refractivity contribution >= 4 is 39.5 Å². The van der Waals surface area contributed by atoms with Crippen LogP contribution in [-0.4, -0.2) is 47.6 Å². The highest BCUT2D eigenvalue weighted by Gasteiger charge is 2.32.